The van der Waals surface area contributed by atoms with Crippen LogP contribution in [0.1, 0.15) is 32.6 Å². The molecule has 0 radical (unpaired) electrons. The number of thioether (sulfide) groups is 1. The predicted molar refractivity (Wildman–Crippen MR) is 72.3 cm³/mol. The fraction of sp³-hybridized carbons (Fsp3) is 1.00. The molecule has 0 aromatic rings. The Bertz CT molecular complexity index is 230. The van der Waals surface area contributed by atoms with E-state index in [0.29, 0.717) is 0 Å². The molecular formula is C12H25NO4S. The molecule has 0 saturated carbocycles. The first kappa shape index (κ1) is 16.2. The maximum Gasteiger partial charge on any atom is 0.132 e. The number of ether oxygens (including phenoxy) is 1. The van der Waals surface area contributed by atoms with Gasteiger partial charge in [-0.25, -0.2) is 0 Å². The van der Waals surface area contributed by atoms with Crippen molar-refractivity contribution in [2.45, 2.75) is 62.5 Å². The number of rotatable bonds is 7. The molecule has 1 fully saturated rings. The van der Waals surface area contributed by atoms with Crippen LogP contribution in [0.3, 0.4) is 0 Å². The van der Waals surface area contributed by atoms with E-state index in [0.717, 1.165) is 18.6 Å². The molecule has 5 atom stereocenters. The van der Waals surface area contributed by atoms with Crippen LogP contribution in [0.5, 0.6) is 0 Å². The molecule has 1 unspecified atom stereocenters. The van der Waals surface area contributed by atoms with E-state index in [9.17, 15) is 15.3 Å². The SMILES string of the molecule is CCCCCCSC1O[C@H](CN)[C@H](O)[C@H](O)[C@H]1O. The first-order valence-electron chi connectivity index (χ1n) is 6.63. The fourth-order valence-corrected chi connectivity index (χ4v) is 3.16. The minimum absolute atomic E-state index is 0.137. The van der Waals surface area contributed by atoms with Crippen molar-refractivity contribution in [1.29, 1.82) is 0 Å². The summed E-state index contributed by atoms with van der Waals surface area (Å²) in [5, 5.41) is 29.2. The summed E-state index contributed by atoms with van der Waals surface area (Å²) in [5.41, 5.74) is 4.97. The maximum absolute atomic E-state index is 9.83. The monoisotopic (exact) mass is 279 g/mol. The number of aliphatic hydroxyl groups excluding tert-OH is 3. The van der Waals surface area contributed by atoms with Crippen LogP contribution in [-0.4, -0.2) is 57.5 Å². The van der Waals surface area contributed by atoms with E-state index in [4.69, 9.17) is 10.5 Å². The normalized spacial score (nSPS) is 36.8. The molecule has 1 rings (SSSR count). The van der Waals surface area contributed by atoms with Crippen molar-refractivity contribution in [2.24, 2.45) is 5.73 Å². The molecule has 5 nitrogen and oxygen atoms in total. The van der Waals surface area contributed by atoms with E-state index in [1.807, 2.05) is 0 Å². The zero-order valence-corrected chi connectivity index (χ0v) is 11.7. The smallest absolute Gasteiger partial charge is 0.132 e. The van der Waals surface area contributed by atoms with Gasteiger partial charge in [0.2, 0.25) is 0 Å². The van der Waals surface area contributed by atoms with Gasteiger partial charge in [-0.2, -0.15) is 0 Å². The summed E-state index contributed by atoms with van der Waals surface area (Å²) in [7, 11) is 0. The van der Waals surface area contributed by atoms with Crippen LogP contribution in [0.4, 0.5) is 0 Å². The largest absolute Gasteiger partial charge is 0.388 e. The van der Waals surface area contributed by atoms with Crippen LogP contribution in [0, 0.1) is 0 Å². The highest BCUT2D eigenvalue weighted by atomic mass is 32.2. The van der Waals surface area contributed by atoms with E-state index >= 15 is 0 Å². The molecule has 0 aromatic heterocycles. The fourth-order valence-electron chi connectivity index (χ4n) is 1.98. The molecule has 5 N–H and O–H groups in total. The van der Waals surface area contributed by atoms with Crippen molar-refractivity contribution in [3.05, 3.63) is 0 Å². The van der Waals surface area contributed by atoms with E-state index in [1.165, 1.54) is 24.6 Å². The summed E-state index contributed by atoms with van der Waals surface area (Å²) in [6, 6.07) is 0. The van der Waals surface area contributed by atoms with E-state index in [2.05, 4.69) is 6.92 Å². The first-order chi connectivity index (χ1) is 8.61. The van der Waals surface area contributed by atoms with Crippen LogP contribution in [0.15, 0.2) is 0 Å². The van der Waals surface area contributed by atoms with E-state index in [1.54, 1.807) is 0 Å². The first-order valence-corrected chi connectivity index (χ1v) is 7.68. The van der Waals surface area contributed by atoms with Crippen molar-refractivity contribution < 1.29 is 20.1 Å². The second-order valence-electron chi connectivity index (χ2n) is 4.68. The van der Waals surface area contributed by atoms with Gasteiger partial charge in [0, 0.05) is 6.54 Å². The van der Waals surface area contributed by atoms with Gasteiger partial charge in [-0.3, -0.25) is 0 Å². The third-order valence-electron chi connectivity index (χ3n) is 3.18. The highest BCUT2D eigenvalue weighted by Crippen LogP contribution is 2.28. The standard InChI is InChI=1S/C12H25NO4S/c1-2-3-4-5-6-18-12-11(16)10(15)9(14)8(7-13)17-12/h8-12,14-16H,2-7,13H2,1H3/t8-,9+,10+,11-,12?/m1/s1. The second kappa shape index (κ2) is 8.35. The summed E-state index contributed by atoms with van der Waals surface area (Å²) < 4.78 is 5.52. The Balaban J connectivity index is 2.35. The molecule has 18 heavy (non-hydrogen) atoms. The molecule has 1 saturated heterocycles. The number of hydrogen-bond acceptors (Lipinski definition) is 6. The second-order valence-corrected chi connectivity index (χ2v) is 5.89. The van der Waals surface area contributed by atoms with Crippen molar-refractivity contribution in [2.75, 3.05) is 12.3 Å². The van der Waals surface area contributed by atoms with Gasteiger partial charge in [-0.1, -0.05) is 26.2 Å². The van der Waals surface area contributed by atoms with E-state index in [-0.39, 0.29) is 6.54 Å². The van der Waals surface area contributed by atoms with Crippen LogP contribution in [0.2, 0.25) is 0 Å². The number of aliphatic hydroxyl groups is 3. The highest BCUT2D eigenvalue weighted by Gasteiger charge is 2.42. The van der Waals surface area contributed by atoms with E-state index < -0.39 is 29.9 Å². The van der Waals surface area contributed by atoms with Crippen molar-refractivity contribution in [1.82, 2.24) is 0 Å². The molecular weight excluding hydrogens is 254 g/mol. The molecule has 108 valence electrons. The zero-order valence-electron chi connectivity index (χ0n) is 10.9. The third-order valence-corrected chi connectivity index (χ3v) is 4.42. The Kier molecular flexibility index (Phi) is 7.51. The molecule has 0 spiro atoms. The van der Waals surface area contributed by atoms with Gasteiger partial charge in [-0.05, 0) is 12.2 Å². The summed E-state index contributed by atoms with van der Waals surface area (Å²) in [6.45, 7) is 2.29. The Hall–Kier alpha value is 0.150. The summed E-state index contributed by atoms with van der Waals surface area (Å²) in [4.78, 5) is 0. The molecule has 0 aliphatic carbocycles. The number of unbranched alkanes of at least 4 members (excludes halogenated alkanes) is 3. The molecule has 0 bridgehead atoms. The molecule has 6 heteroatoms. The summed E-state index contributed by atoms with van der Waals surface area (Å²) in [5.74, 6) is 0.877. The van der Waals surface area contributed by atoms with Crippen molar-refractivity contribution >= 4 is 11.8 Å². The molecule has 1 aliphatic rings. The van der Waals surface area contributed by atoms with Gasteiger partial charge >= 0.3 is 0 Å². The topological polar surface area (TPSA) is 95.9 Å². The Morgan fingerprint density at radius 1 is 1.06 bits per heavy atom. The van der Waals surface area contributed by atoms with Gasteiger partial charge in [-0.15, -0.1) is 11.8 Å². The number of nitrogens with two attached hydrogens (primary N) is 1. The minimum atomic E-state index is -1.18. The lowest BCUT2D eigenvalue weighted by Crippen LogP contribution is -2.58. The van der Waals surface area contributed by atoms with Gasteiger partial charge < -0.3 is 25.8 Å². The van der Waals surface area contributed by atoms with Crippen molar-refractivity contribution in [3.63, 3.8) is 0 Å². The quantitative estimate of drug-likeness (QED) is 0.492. The lowest BCUT2D eigenvalue weighted by atomic mass is 10.0. The summed E-state index contributed by atoms with van der Waals surface area (Å²) in [6.07, 6.45) is 0.682. The number of hydrogen-bond donors (Lipinski definition) is 4. The Labute approximate surface area is 113 Å². The van der Waals surface area contributed by atoms with Gasteiger partial charge in [0.15, 0.2) is 0 Å². The van der Waals surface area contributed by atoms with Gasteiger partial charge in [0.1, 0.15) is 23.7 Å². The predicted octanol–water partition coefficient (Wildman–Crippen LogP) is 0.0662. The van der Waals surface area contributed by atoms with Crippen LogP contribution < -0.4 is 5.73 Å². The Morgan fingerprint density at radius 2 is 1.78 bits per heavy atom. The van der Waals surface area contributed by atoms with Crippen LogP contribution >= 0.6 is 11.8 Å². The highest BCUT2D eigenvalue weighted by molar-refractivity contribution is 7.99. The minimum Gasteiger partial charge on any atom is -0.388 e. The third kappa shape index (κ3) is 4.36. The molecule has 1 aliphatic heterocycles. The average Bonchev–Trinajstić information content (AvgIpc) is 2.38. The maximum atomic E-state index is 9.83. The summed E-state index contributed by atoms with van der Waals surface area (Å²) >= 11 is 1.48. The van der Waals surface area contributed by atoms with Gasteiger partial charge in [0.25, 0.3) is 0 Å². The van der Waals surface area contributed by atoms with Crippen LogP contribution in [0.25, 0.3) is 0 Å². The molecule has 0 aromatic carbocycles. The van der Waals surface area contributed by atoms with Crippen LogP contribution in [-0.2, 0) is 4.74 Å². The molecule has 0 amide bonds. The molecule has 1 heterocycles. The zero-order chi connectivity index (χ0) is 13.5. The lowest BCUT2D eigenvalue weighted by Gasteiger charge is -2.39. The Morgan fingerprint density at radius 3 is 2.39 bits per heavy atom. The lowest BCUT2D eigenvalue weighted by molar-refractivity contribution is -0.194. The van der Waals surface area contributed by atoms with Gasteiger partial charge in [0.05, 0.1) is 6.10 Å². The average molecular weight is 279 g/mol. The van der Waals surface area contributed by atoms with Crippen molar-refractivity contribution in [3.8, 4) is 0 Å².